The van der Waals surface area contributed by atoms with Gasteiger partial charge >= 0.3 is 0 Å². The average molecular weight is 327 g/mol. The highest BCUT2D eigenvalue weighted by Crippen LogP contribution is 2.27. The van der Waals surface area contributed by atoms with Gasteiger partial charge in [-0.15, -0.1) is 0 Å². The van der Waals surface area contributed by atoms with Crippen LogP contribution in [0.15, 0.2) is 48.0 Å². The van der Waals surface area contributed by atoms with E-state index in [2.05, 4.69) is 0 Å². The molecule has 106 valence electrons. The van der Waals surface area contributed by atoms with E-state index in [0.717, 1.165) is 0 Å². The molecular formula is C17H8Cl2N2O. The van der Waals surface area contributed by atoms with Gasteiger partial charge in [-0.25, -0.2) is 0 Å². The molecule has 0 fully saturated rings. The second-order valence-corrected chi connectivity index (χ2v) is 5.14. The predicted molar refractivity (Wildman–Crippen MR) is 85.5 cm³/mol. The molecule has 0 saturated carbocycles. The molecule has 5 heteroatoms. The fourth-order valence-corrected chi connectivity index (χ4v) is 2.39. The summed E-state index contributed by atoms with van der Waals surface area (Å²) in [4.78, 5) is 12.4. The maximum Gasteiger partial charge on any atom is 0.206 e. The van der Waals surface area contributed by atoms with E-state index >= 15 is 0 Å². The Morgan fingerprint density at radius 3 is 2.09 bits per heavy atom. The van der Waals surface area contributed by atoms with Gasteiger partial charge in [0.15, 0.2) is 0 Å². The first-order valence-electron chi connectivity index (χ1n) is 6.17. The molecule has 2 aromatic carbocycles. The number of allylic oxidation sites excluding steroid dienone is 1. The fourth-order valence-electron chi connectivity index (χ4n) is 1.82. The minimum Gasteiger partial charge on any atom is -0.288 e. The van der Waals surface area contributed by atoms with Gasteiger partial charge in [-0.1, -0.05) is 41.4 Å². The van der Waals surface area contributed by atoms with Crippen molar-refractivity contribution in [3.63, 3.8) is 0 Å². The Morgan fingerprint density at radius 1 is 1.00 bits per heavy atom. The van der Waals surface area contributed by atoms with Crippen LogP contribution in [0.4, 0.5) is 0 Å². The molecule has 22 heavy (non-hydrogen) atoms. The van der Waals surface area contributed by atoms with Gasteiger partial charge in [0.1, 0.15) is 11.6 Å². The summed E-state index contributed by atoms with van der Waals surface area (Å²) in [6.45, 7) is 0. The van der Waals surface area contributed by atoms with Crippen molar-refractivity contribution in [2.75, 3.05) is 0 Å². The van der Waals surface area contributed by atoms with Gasteiger partial charge in [-0.05, 0) is 35.9 Å². The summed E-state index contributed by atoms with van der Waals surface area (Å²) < 4.78 is 0. The number of rotatable bonds is 3. The Kier molecular flexibility index (Phi) is 4.96. The number of hydrogen-bond acceptors (Lipinski definition) is 3. The molecule has 0 aliphatic rings. The van der Waals surface area contributed by atoms with Crippen molar-refractivity contribution in [2.24, 2.45) is 0 Å². The molecular weight excluding hydrogens is 319 g/mol. The number of carbonyl (C=O) groups excluding carboxylic acids is 1. The van der Waals surface area contributed by atoms with Crippen molar-refractivity contribution in [3.8, 4) is 12.1 Å². The van der Waals surface area contributed by atoms with Crippen LogP contribution in [-0.2, 0) is 0 Å². The summed E-state index contributed by atoms with van der Waals surface area (Å²) in [7, 11) is 0. The Balaban J connectivity index is 2.43. The molecule has 0 saturated heterocycles. The van der Waals surface area contributed by atoms with Crippen molar-refractivity contribution < 1.29 is 4.79 Å². The zero-order chi connectivity index (χ0) is 16.1. The van der Waals surface area contributed by atoms with Crippen LogP contribution >= 0.6 is 23.2 Å². The lowest BCUT2D eigenvalue weighted by molar-refractivity contribution is 0.104. The molecule has 0 spiro atoms. The molecule has 0 aliphatic heterocycles. The molecule has 0 aromatic heterocycles. The summed E-state index contributed by atoms with van der Waals surface area (Å²) in [6.07, 6.45) is 1.43. The summed E-state index contributed by atoms with van der Waals surface area (Å²) in [5.41, 5.74) is 1.15. The summed E-state index contributed by atoms with van der Waals surface area (Å²) >= 11 is 12.0. The van der Waals surface area contributed by atoms with E-state index in [1.807, 2.05) is 12.1 Å². The van der Waals surface area contributed by atoms with Gasteiger partial charge in [-0.2, -0.15) is 10.5 Å². The van der Waals surface area contributed by atoms with Crippen molar-refractivity contribution >= 4 is 35.1 Å². The lowest BCUT2D eigenvalue weighted by Crippen LogP contribution is -2.04. The topological polar surface area (TPSA) is 64.7 Å². The van der Waals surface area contributed by atoms with Gasteiger partial charge in [-0.3, -0.25) is 4.79 Å². The Morgan fingerprint density at radius 2 is 1.59 bits per heavy atom. The van der Waals surface area contributed by atoms with E-state index in [0.29, 0.717) is 11.1 Å². The van der Waals surface area contributed by atoms with Crippen LogP contribution in [0.3, 0.4) is 0 Å². The molecule has 2 rings (SSSR count). The van der Waals surface area contributed by atoms with Gasteiger partial charge in [0.25, 0.3) is 0 Å². The Labute approximate surface area is 137 Å². The SMILES string of the molecule is N#C/C(=C\c1ccc(C#N)cc1)C(=O)c1c(Cl)cccc1Cl. The summed E-state index contributed by atoms with van der Waals surface area (Å²) in [5, 5.41) is 18.4. The molecule has 0 atom stereocenters. The highest BCUT2D eigenvalue weighted by molar-refractivity contribution is 6.41. The Bertz CT molecular complexity index is 820. The van der Waals surface area contributed by atoms with Crippen LogP contribution in [0.5, 0.6) is 0 Å². The van der Waals surface area contributed by atoms with Crippen molar-refractivity contribution in [1.82, 2.24) is 0 Å². The highest BCUT2D eigenvalue weighted by Gasteiger charge is 2.18. The number of carbonyl (C=O) groups is 1. The first-order chi connectivity index (χ1) is 10.6. The lowest BCUT2D eigenvalue weighted by Gasteiger charge is -2.05. The number of ketones is 1. The van der Waals surface area contributed by atoms with Gasteiger partial charge in [0.2, 0.25) is 5.78 Å². The monoisotopic (exact) mass is 326 g/mol. The number of nitrogens with zero attached hydrogens (tertiary/aromatic N) is 2. The third-order valence-corrected chi connectivity index (χ3v) is 3.54. The largest absolute Gasteiger partial charge is 0.288 e. The Hall–Kier alpha value is -2.59. The molecule has 0 heterocycles. The van der Waals surface area contributed by atoms with Gasteiger partial charge in [0.05, 0.1) is 27.2 Å². The minimum absolute atomic E-state index is 0.0836. The average Bonchev–Trinajstić information content (AvgIpc) is 2.52. The number of halogens is 2. The van der Waals surface area contributed by atoms with Crippen LogP contribution in [0.2, 0.25) is 10.0 Å². The zero-order valence-corrected chi connectivity index (χ0v) is 12.7. The van der Waals surface area contributed by atoms with Gasteiger partial charge < -0.3 is 0 Å². The minimum atomic E-state index is -0.539. The van der Waals surface area contributed by atoms with E-state index in [1.54, 1.807) is 30.3 Å². The molecule has 0 N–H and O–H groups in total. The second kappa shape index (κ2) is 6.91. The second-order valence-electron chi connectivity index (χ2n) is 4.33. The smallest absolute Gasteiger partial charge is 0.206 e. The molecule has 0 radical (unpaired) electrons. The first kappa shape index (κ1) is 15.8. The van der Waals surface area contributed by atoms with E-state index in [-0.39, 0.29) is 21.2 Å². The third-order valence-electron chi connectivity index (χ3n) is 2.91. The number of Topliss-reactive ketones (excluding diaryl/α,β-unsaturated/α-hetero) is 1. The third kappa shape index (κ3) is 3.35. The van der Waals surface area contributed by atoms with Crippen molar-refractivity contribution in [2.45, 2.75) is 0 Å². The molecule has 0 aliphatic carbocycles. The van der Waals surface area contributed by atoms with E-state index in [4.69, 9.17) is 28.5 Å². The highest BCUT2D eigenvalue weighted by atomic mass is 35.5. The normalized spacial score (nSPS) is 10.6. The molecule has 3 nitrogen and oxygen atoms in total. The maximum atomic E-state index is 12.4. The number of nitriles is 2. The number of benzene rings is 2. The first-order valence-corrected chi connectivity index (χ1v) is 6.93. The number of hydrogen-bond donors (Lipinski definition) is 0. The van der Waals surface area contributed by atoms with Gasteiger partial charge in [0, 0.05) is 0 Å². The van der Waals surface area contributed by atoms with Crippen LogP contribution in [0, 0.1) is 22.7 Å². The molecule has 0 bridgehead atoms. The van der Waals surface area contributed by atoms with Crippen LogP contribution in [0.25, 0.3) is 6.08 Å². The van der Waals surface area contributed by atoms with Crippen molar-refractivity contribution in [1.29, 1.82) is 10.5 Å². The quantitative estimate of drug-likeness (QED) is 0.468. The summed E-state index contributed by atoms with van der Waals surface area (Å²) in [6, 6.07) is 15.1. The standard InChI is InChI=1S/C17H8Cl2N2O/c18-14-2-1-3-15(19)16(14)17(22)13(10-21)8-11-4-6-12(9-20)7-5-11/h1-8H/b13-8+. The fraction of sp³-hybridized carbons (Fsp3) is 0. The van der Waals surface area contributed by atoms with Crippen LogP contribution in [-0.4, -0.2) is 5.78 Å². The predicted octanol–water partition coefficient (Wildman–Crippen LogP) is 4.65. The van der Waals surface area contributed by atoms with E-state index in [9.17, 15) is 10.1 Å². The van der Waals surface area contributed by atoms with Crippen LogP contribution < -0.4 is 0 Å². The molecule has 2 aromatic rings. The van der Waals surface area contributed by atoms with Crippen molar-refractivity contribution in [3.05, 3.63) is 74.8 Å². The lowest BCUT2D eigenvalue weighted by atomic mass is 10.0. The molecule has 0 unspecified atom stereocenters. The molecule has 0 amide bonds. The maximum absolute atomic E-state index is 12.4. The summed E-state index contributed by atoms with van der Waals surface area (Å²) in [5.74, 6) is -0.539. The van der Waals surface area contributed by atoms with E-state index < -0.39 is 5.78 Å². The zero-order valence-electron chi connectivity index (χ0n) is 11.2. The van der Waals surface area contributed by atoms with Crippen LogP contribution in [0.1, 0.15) is 21.5 Å². The van der Waals surface area contributed by atoms with E-state index in [1.165, 1.54) is 18.2 Å².